The van der Waals surface area contributed by atoms with E-state index in [-0.39, 0.29) is 0 Å². The van der Waals surface area contributed by atoms with Crippen LogP contribution in [0.15, 0.2) is 19.5 Å². The summed E-state index contributed by atoms with van der Waals surface area (Å²) in [6.45, 7) is 0. The summed E-state index contributed by atoms with van der Waals surface area (Å²) in [5, 5.41) is 39.3. The summed E-state index contributed by atoms with van der Waals surface area (Å²) in [6.07, 6.45) is 0. The lowest BCUT2D eigenvalue weighted by Gasteiger charge is -1.85. The normalized spacial score (nSPS) is 10.9. The summed E-state index contributed by atoms with van der Waals surface area (Å²) in [5.74, 6) is -2.73. The van der Waals surface area contributed by atoms with Crippen LogP contribution in [0.25, 0.3) is 0 Å². The zero-order chi connectivity index (χ0) is 13.1. The maximum Gasteiger partial charge on any atom is 0.462 e. The maximum absolute atomic E-state index is 10.4. The summed E-state index contributed by atoms with van der Waals surface area (Å²) in [5.41, 5.74) is 0. The van der Waals surface area contributed by atoms with E-state index in [0.717, 1.165) is 0 Å². The summed E-state index contributed by atoms with van der Waals surface area (Å²) < 4.78 is 8.13. The number of rotatable bonds is 4. The highest BCUT2D eigenvalue weighted by Crippen LogP contribution is 2.27. The third kappa shape index (κ3) is 1.96. The van der Waals surface area contributed by atoms with E-state index in [1.807, 2.05) is 0 Å². The Morgan fingerprint density at radius 3 is 1.56 bits per heavy atom. The number of azo groups is 1. The lowest BCUT2D eigenvalue weighted by Crippen LogP contribution is -1.88. The second-order valence-electron chi connectivity index (χ2n) is 2.54. The molecule has 0 saturated heterocycles. The van der Waals surface area contributed by atoms with Crippen LogP contribution in [0.1, 0.15) is 0 Å². The van der Waals surface area contributed by atoms with Gasteiger partial charge in [-0.05, 0) is 9.85 Å². The van der Waals surface area contributed by atoms with Crippen molar-refractivity contribution < 1.29 is 19.1 Å². The molecule has 0 N–H and O–H groups in total. The fourth-order valence-corrected chi connectivity index (χ4v) is 0.809. The summed E-state index contributed by atoms with van der Waals surface area (Å²) in [4.78, 5) is 19.0. The Balaban J connectivity index is 2.30. The minimum atomic E-state index is -0.916. The van der Waals surface area contributed by atoms with Crippen LogP contribution in [0, 0.1) is 20.2 Å². The summed E-state index contributed by atoms with van der Waals surface area (Å²) >= 11 is 0. The predicted octanol–water partition coefficient (Wildman–Crippen LogP) is 0.684. The number of hydrogen-bond acceptors (Lipinski definition) is 12. The van der Waals surface area contributed by atoms with Crippen LogP contribution in [0.2, 0.25) is 0 Å². The first-order chi connectivity index (χ1) is 8.59. The highest BCUT2D eigenvalue weighted by Gasteiger charge is 2.25. The Morgan fingerprint density at radius 2 is 1.22 bits per heavy atom. The number of aromatic nitrogens is 4. The van der Waals surface area contributed by atoms with E-state index in [0.29, 0.717) is 0 Å². The minimum absolute atomic E-state index is 0.572. The van der Waals surface area contributed by atoms with E-state index in [1.165, 1.54) is 0 Å². The van der Waals surface area contributed by atoms with Crippen molar-refractivity contribution in [2.24, 2.45) is 10.2 Å². The van der Waals surface area contributed by atoms with Crippen molar-refractivity contribution in [1.29, 1.82) is 0 Å². The molecule has 2 aromatic heterocycles. The molecule has 92 valence electrons. The summed E-state index contributed by atoms with van der Waals surface area (Å²) in [7, 11) is 0. The van der Waals surface area contributed by atoms with Gasteiger partial charge in [0.15, 0.2) is 10.3 Å². The van der Waals surface area contributed by atoms with Gasteiger partial charge in [-0.25, -0.2) is 0 Å². The Bertz CT molecular complexity index is 573. The van der Waals surface area contributed by atoms with E-state index in [2.05, 4.69) is 40.1 Å². The molecule has 0 aromatic carbocycles. The van der Waals surface area contributed by atoms with Crippen LogP contribution in [-0.2, 0) is 0 Å². The van der Waals surface area contributed by atoms with Crippen LogP contribution < -0.4 is 0 Å². The molecule has 0 amide bonds. The molecule has 0 aliphatic carbocycles. The first-order valence-electron chi connectivity index (χ1n) is 3.95. The van der Waals surface area contributed by atoms with Gasteiger partial charge in [-0.1, -0.05) is 0 Å². The van der Waals surface area contributed by atoms with E-state index in [1.54, 1.807) is 0 Å². The molecule has 2 rings (SSSR count). The standard InChI is InChI=1S/C4N8O6/c13-11(14)3-1(7-17-9-3)5-6-2-4(12(15)16)10-18-8-2. The topological polar surface area (TPSA) is 189 Å². The van der Waals surface area contributed by atoms with Crippen molar-refractivity contribution in [1.82, 2.24) is 20.6 Å². The second kappa shape index (κ2) is 4.28. The second-order valence-corrected chi connectivity index (χ2v) is 2.54. The number of nitrogens with zero attached hydrogens (tertiary/aromatic N) is 8. The fraction of sp³-hybridized carbons (Fsp3) is 0. The first kappa shape index (κ1) is 11.2. The van der Waals surface area contributed by atoms with Gasteiger partial charge >= 0.3 is 23.3 Å². The van der Waals surface area contributed by atoms with Gasteiger partial charge in [-0.2, -0.15) is 0 Å². The zero-order valence-electron chi connectivity index (χ0n) is 8.03. The SMILES string of the molecule is O=[N+]([O-])c1nonc1N=Nc1nonc1[N+](=O)[O-]. The number of nitro groups is 2. The lowest BCUT2D eigenvalue weighted by atomic mass is 10.6. The molecule has 0 aliphatic rings. The lowest BCUT2D eigenvalue weighted by molar-refractivity contribution is -0.390. The molecule has 0 bridgehead atoms. The molecule has 0 spiro atoms. The quantitative estimate of drug-likeness (QED) is 0.426. The molecule has 2 heterocycles. The molecule has 0 fully saturated rings. The molecule has 14 nitrogen and oxygen atoms in total. The highest BCUT2D eigenvalue weighted by atomic mass is 16.6. The van der Waals surface area contributed by atoms with Gasteiger partial charge in [0.25, 0.3) is 0 Å². The van der Waals surface area contributed by atoms with Gasteiger partial charge in [-0.3, -0.25) is 0 Å². The van der Waals surface area contributed by atoms with Crippen molar-refractivity contribution in [3.05, 3.63) is 20.2 Å². The molecule has 0 aliphatic heterocycles. The molecule has 18 heavy (non-hydrogen) atoms. The van der Waals surface area contributed by atoms with Gasteiger partial charge in [0.05, 0.1) is 0 Å². The Morgan fingerprint density at radius 1 is 0.833 bits per heavy atom. The van der Waals surface area contributed by atoms with E-state index < -0.39 is 33.1 Å². The van der Waals surface area contributed by atoms with Crippen LogP contribution in [-0.4, -0.2) is 30.5 Å². The fourth-order valence-electron chi connectivity index (χ4n) is 0.809. The van der Waals surface area contributed by atoms with Crippen LogP contribution >= 0.6 is 0 Å². The average Bonchev–Trinajstić information content (AvgIpc) is 2.94. The first-order valence-corrected chi connectivity index (χ1v) is 3.95. The molecule has 14 heteroatoms. The molecular weight excluding hydrogens is 256 g/mol. The van der Waals surface area contributed by atoms with Crippen molar-refractivity contribution in [3.8, 4) is 0 Å². The Hall–Kier alpha value is -3.32. The van der Waals surface area contributed by atoms with Crippen LogP contribution in [0.3, 0.4) is 0 Å². The predicted molar refractivity (Wildman–Crippen MR) is 46.1 cm³/mol. The third-order valence-corrected chi connectivity index (χ3v) is 1.49. The van der Waals surface area contributed by atoms with Gasteiger partial charge in [0.2, 0.25) is 0 Å². The van der Waals surface area contributed by atoms with Gasteiger partial charge in [-0.15, -0.1) is 19.5 Å². The smallest absolute Gasteiger partial charge is 0.358 e. The van der Waals surface area contributed by atoms with Crippen molar-refractivity contribution in [2.75, 3.05) is 0 Å². The third-order valence-electron chi connectivity index (χ3n) is 1.49. The molecule has 2 aromatic rings. The maximum atomic E-state index is 10.4. The van der Waals surface area contributed by atoms with E-state index in [4.69, 9.17) is 0 Å². The zero-order valence-corrected chi connectivity index (χ0v) is 8.03. The number of hydrogen-bond donors (Lipinski definition) is 0. The van der Waals surface area contributed by atoms with E-state index >= 15 is 0 Å². The van der Waals surface area contributed by atoms with Crippen molar-refractivity contribution in [3.63, 3.8) is 0 Å². The molecule has 0 saturated carbocycles. The van der Waals surface area contributed by atoms with Gasteiger partial charge in [0.1, 0.15) is 0 Å². The van der Waals surface area contributed by atoms with Gasteiger partial charge < -0.3 is 20.2 Å². The monoisotopic (exact) mass is 256 g/mol. The average molecular weight is 256 g/mol. The molecular formula is C4N8O6. The molecule has 0 unspecified atom stereocenters. The Kier molecular flexibility index (Phi) is 2.65. The summed E-state index contributed by atoms with van der Waals surface area (Å²) in [6, 6.07) is 0. The minimum Gasteiger partial charge on any atom is -0.358 e. The highest BCUT2D eigenvalue weighted by molar-refractivity contribution is 5.45. The Labute approximate surface area is 94.5 Å². The van der Waals surface area contributed by atoms with Crippen molar-refractivity contribution >= 4 is 23.3 Å². The largest absolute Gasteiger partial charge is 0.462 e. The van der Waals surface area contributed by atoms with Gasteiger partial charge in [0, 0.05) is 10.3 Å². The van der Waals surface area contributed by atoms with Crippen LogP contribution in [0.4, 0.5) is 23.3 Å². The molecule has 0 atom stereocenters. The van der Waals surface area contributed by atoms with Crippen LogP contribution in [0.5, 0.6) is 0 Å². The molecule has 0 radical (unpaired) electrons. The van der Waals surface area contributed by atoms with Crippen molar-refractivity contribution in [2.45, 2.75) is 0 Å². The van der Waals surface area contributed by atoms with E-state index in [9.17, 15) is 20.2 Å².